The Morgan fingerprint density at radius 3 is 2.32 bits per heavy atom. The Morgan fingerprint density at radius 1 is 1.05 bits per heavy atom. The summed E-state index contributed by atoms with van der Waals surface area (Å²) in [6.07, 6.45) is 1.61. The molecule has 0 saturated heterocycles. The van der Waals surface area contributed by atoms with Gasteiger partial charge in [-0.05, 0) is 68.3 Å². The Bertz CT molecular complexity index is 700. The van der Waals surface area contributed by atoms with E-state index in [9.17, 15) is 4.79 Å². The third-order valence-corrected chi connectivity index (χ3v) is 3.57. The van der Waals surface area contributed by atoms with E-state index in [0.29, 0.717) is 5.56 Å². The highest BCUT2D eigenvalue weighted by atomic mass is 16.5. The number of hydrogen-bond acceptors (Lipinski definition) is 3. The number of hydrogen-bond donors (Lipinski definition) is 1. The molecule has 0 unspecified atom stereocenters. The minimum atomic E-state index is -0.0310. The SMILES string of the molecule is COc1ccc(C(=O)C=C(C)Nc2ccc(C)c(C)c2)cc1. The third kappa shape index (κ3) is 3.98. The van der Waals surface area contributed by atoms with Crippen LogP contribution < -0.4 is 10.1 Å². The van der Waals surface area contributed by atoms with Gasteiger partial charge in [0.15, 0.2) is 5.78 Å². The fourth-order valence-corrected chi connectivity index (χ4v) is 2.12. The van der Waals surface area contributed by atoms with Crippen LogP contribution in [0.3, 0.4) is 0 Å². The quantitative estimate of drug-likeness (QED) is 0.651. The molecule has 3 nitrogen and oxygen atoms in total. The number of ketones is 1. The number of nitrogens with one attached hydrogen (secondary N) is 1. The molecule has 0 aliphatic rings. The molecule has 0 spiro atoms. The summed E-state index contributed by atoms with van der Waals surface area (Å²) in [6.45, 7) is 6.04. The molecular formula is C19H21NO2. The number of carbonyl (C=O) groups is 1. The molecule has 2 aromatic carbocycles. The fourth-order valence-electron chi connectivity index (χ4n) is 2.12. The van der Waals surface area contributed by atoms with E-state index in [-0.39, 0.29) is 5.78 Å². The van der Waals surface area contributed by atoms with Gasteiger partial charge in [0.05, 0.1) is 7.11 Å². The number of allylic oxidation sites excluding steroid dienone is 2. The summed E-state index contributed by atoms with van der Waals surface area (Å²) < 4.78 is 5.09. The average molecular weight is 295 g/mol. The van der Waals surface area contributed by atoms with Crippen LogP contribution >= 0.6 is 0 Å². The van der Waals surface area contributed by atoms with Gasteiger partial charge in [-0.25, -0.2) is 0 Å². The first-order chi connectivity index (χ1) is 10.5. The first kappa shape index (κ1) is 15.8. The van der Waals surface area contributed by atoms with Crippen LogP contribution in [0, 0.1) is 13.8 Å². The van der Waals surface area contributed by atoms with Crippen molar-refractivity contribution in [2.24, 2.45) is 0 Å². The van der Waals surface area contributed by atoms with Crippen LogP contribution in [0.15, 0.2) is 54.2 Å². The largest absolute Gasteiger partial charge is 0.497 e. The Hall–Kier alpha value is -2.55. The summed E-state index contributed by atoms with van der Waals surface area (Å²) in [7, 11) is 1.61. The second-order valence-electron chi connectivity index (χ2n) is 5.34. The van der Waals surface area contributed by atoms with Crippen LogP contribution in [0.2, 0.25) is 0 Å². The maximum Gasteiger partial charge on any atom is 0.187 e. The maximum atomic E-state index is 12.2. The lowest BCUT2D eigenvalue weighted by Crippen LogP contribution is -2.02. The van der Waals surface area contributed by atoms with E-state index >= 15 is 0 Å². The minimum Gasteiger partial charge on any atom is -0.497 e. The van der Waals surface area contributed by atoms with Gasteiger partial charge in [0.1, 0.15) is 5.75 Å². The molecule has 2 aromatic rings. The zero-order valence-electron chi connectivity index (χ0n) is 13.4. The molecule has 0 bridgehead atoms. The molecule has 0 amide bonds. The number of carbonyl (C=O) groups excluding carboxylic acids is 1. The van der Waals surface area contributed by atoms with Gasteiger partial charge in [0, 0.05) is 23.0 Å². The summed E-state index contributed by atoms with van der Waals surface area (Å²) in [5.74, 6) is 0.710. The molecule has 0 saturated carbocycles. The molecule has 3 heteroatoms. The molecule has 22 heavy (non-hydrogen) atoms. The molecule has 0 aliphatic carbocycles. The van der Waals surface area contributed by atoms with Gasteiger partial charge in [-0.3, -0.25) is 4.79 Å². The second-order valence-corrected chi connectivity index (χ2v) is 5.34. The number of anilines is 1. The lowest BCUT2D eigenvalue weighted by Gasteiger charge is -2.09. The summed E-state index contributed by atoms with van der Waals surface area (Å²) in [4.78, 5) is 12.2. The zero-order chi connectivity index (χ0) is 16.1. The van der Waals surface area contributed by atoms with Crippen molar-refractivity contribution < 1.29 is 9.53 Å². The van der Waals surface area contributed by atoms with E-state index in [1.807, 2.05) is 13.0 Å². The molecule has 0 radical (unpaired) electrons. The molecule has 114 valence electrons. The van der Waals surface area contributed by atoms with Crippen LogP contribution in [0.5, 0.6) is 5.75 Å². The zero-order valence-corrected chi connectivity index (χ0v) is 13.4. The Balaban J connectivity index is 2.09. The third-order valence-electron chi connectivity index (χ3n) is 3.57. The van der Waals surface area contributed by atoms with Gasteiger partial charge >= 0.3 is 0 Å². The molecule has 0 aliphatic heterocycles. The highest BCUT2D eigenvalue weighted by Crippen LogP contribution is 2.17. The lowest BCUT2D eigenvalue weighted by atomic mass is 10.1. The van der Waals surface area contributed by atoms with Crippen LogP contribution in [-0.4, -0.2) is 12.9 Å². The maximum absolute atomic E-state index is 12.2. The summed E-state index contributed by atoms with van der Waals surface area (Å²) in [5, 5.41) is 3.25. The highest BCUT2D eigenvalue weighted by molar-refractivity contribution is 6.05. The first-order valence-electron chi connectivity index (χ1n) is 7.20. The highest BCUT2D eigenvalue weighted by Gasteiger charge is 2.04. The molecule has 0 aromatic heterocycles. The van der Waals surface area contributed by atoms with Crippen LogP contribution in [-0.2, 0) is 0 Å². The van der Waals surface area contributed by atoms with Gasteiger partial charge in [0.25, 0.3) is 0 Å². The molecular weight excluding hydrogens is 274 g/mol. The molecule has 0 atom stereocenters. The van der Waals surface area contributed by atoms with Crippen LogP contribution in [0.4, 0.5) is 5.69 Å². The van der Waals surface area contributed by atoms with Crippen molar-refractivity contribution >= 4 is 11.5 Å². The summed E-state index contributed by atoms with van der Waals surface area (Å²) >= 11 is 0. The number of benzene rings is 2. The van der Waals surface area contributed by atoms with Crippen molar-refractivity contribution in [2.75, 3.05) is 12.4 Å². The minimum absolute atomic E-state index is 0.0310. The summed E-state index contributed by atoms with van der Waals surface area (Å²) in [6, 6.07) is 13.3. The normalized spacial score (nSPS) is 11.2. The fraction of sp³-hybridized carbons (Fsp3) is 0.211. The molecule has 2 rings (SSSR count). The number of aryl methyl sites for hydroxylation is 2. The van der Waals surface area contributed by atoms with Crippen molar-refractivity contribution in [1.29, 1.82) is 0 Å². The van der Waals surface area contributed by atoms with E-state index in [2.05, 4.69) is 31.3 Å². The standard InChI is InChI=1S/C19H21NO2/c1-13-5-8-17(11-14(13)2)20-15(3)12-19(21)16-6-9-18(22-4)10-7-16/h5-12,20H,1-4H3. The van der Waals surface area contributed by atoms with E-state index in [1.165, 1.54) is 11.1 Å². The van der Waals surface area contributed by atoms with E-state index < -0.39 is 0 Å². The predicted octanol–water partition coefficient (Wildman–Crippen LogP) is 4.51. The molecule has 0 fully saturated rings. The smallest absolute Gasteiger partial charge is 0.187 e. The monoisotopic (exact) mass is 295 g/mol. The van der Waals surface area contributed by atoms with Gasteiger partial charge in [-0.15, -0.1) is 0 Å². The van der Waals surface area contributed by atoms with Gasteiger partial charge < -0.3 is 10.1 Å². The number of ether oxygens (including phenoxy) is 1. The van der Waals surface area contributed by atoms with Crippen LogP contribution in [0.1, 0.15) is 28.4 Å². The topological polar surface area (TPSA) is 38.3 Å². The van der Waals surface area contributed by atoms with E-state index in [1.54, 1.807) is 37.5 Å². The van der Waals surface area contributed by atoms with Crippen molar-refractivity contribution in [3.05, 3.63) is 70.9 Å². The van der Waals surface area contributed by atoms with Gasteiger partial charge in [-0.2, -0.15) is 0 Å². The Labute approximate surface area is 131 Å². The number of rotatable bonds is 5. The molecule has 0 heterocycles. The summed E-state index contributed by atoms with van der Waals surface area (Å²) in [5.41, 5.74) is 4.91. The van der Waals surface area contributed by atoms with Crippen LogP contribution in [0.25, 0.3) is 0 Å². The van der Waals surface area contributed by atoms with E-state index in [4.69, 9.17) is 4.74 Å². The second kappa shape index (κ2) is 6.94. The number of methoxy groups -OCH3 is 1. The first-order valence-corrected chi connectivity index (χ1v) is 7.20. The van der Waals surface area contributed by atoms with Crippen molar-refractivity contribution in [3.63, 3.8) is 0 Å². The Morgan fingerprint density at radius 2 is 1.73 bits per heavy atom. The van der Waals surface area contributed by atoms with Gasteiger partial charge in [-0.1, -0.05) is 6.07 Å². The lowest BCUT2D eigenvalue weighted by molar-refractivity contribution is 0.104. The van der Waals surface area contributed by atoms with Crippen molar-refractivity contribution in [1.82, 2.24) is 0 Å². The molecule has 1 N–H and O–H groups in total. The van der Waals surface area contributed by atoms with Crippen molar-refractivity contribution in [2.45, 2.75) is 20.8 Å². The Kier molecular flexibility index (Phi) is 4.99. The van der Waals surface area contributed by atoms with E-state index in [0.717, 1.165) is 17.1 Å². The predicted molar refractivity (Wildman–Crippen MR) is 90.6 cm³/mol. The van der Waals surface area contributed by atoms with Gasteiger partial charge in [0.2, 0.25) is 0 Å². The average Bonchev–Trinajstić information content (AvgIpc) is 2.51. The van der Waals surface area contributed by atoms with Crippen molar-refractivity contribution in [3.8, 4) is 5.75 Å².